The Bertz CT molecular complexity index is 914. The van der Waals surface area contributed by atoms with Crippen LogP contribution in [0.25, 0.3) is 0 Å². The van der Waals surface area contributed by atoms with Crippen molar-refractivity contribution >= 4 is 21.8 Å². The zero-order valence-electron chi connectivity index (χ0n) is 15.4. The van der Waals surface area contributed by atoms with E-state index in [9.17, 15) is 8.42 Å². The van der Waals surface area contributed by atoms with Gasteiger partial charge in [0.15, 0.2) is 0 Å². The Morgan fingerprint density at radius 2 is 2.04 bits per heavy atom. The number of rotatable bonds is 6. The second-order valence-corrected chi connectivity index (χ2v) is 9.29. The lowest BCUT2D eigenvalue weighted by Gasteiger charge is -2.30. The molecule has 8 nitrogen and oxygen atoms in total. The average molecular weight is 427 g/mol. The molecule has 2 aliphatic rings. The Hall–Kier alpha value is -1.65. The molecule has 0 amide bonds. The van der Waals surface area contributed by atoms with Crippen molar-refractivity contribution in [2.24, 2.45) is 0 Å². The maximum Gasteiger partial charge on any atom is 0.282 e. The van der Waals surface area contributed by atoms with E-state index in [1.807, 2.05) is 18.2 Å². The van der Waals surface area contributed by atoms with E-state index in [-0.39, 0.29) is 5.92 Å². The third-order valence-corrected chi connectivity index (χ3v) is 7.27. The van der Waals surface area contributed by atoms with Crippen molar-refractivity contribution in [3.8, 4) is 5.75 Å². The first-order valence-corrected chi connectivity index (χ1v) is 11.1. The molecule has 10 heteroatoms. The summed E-state index contributed by atoms with van der Waals surface area (Å²) < 4.78 is 39.6. The maximum atomic E-state index is 12.8. The highest BCUT2D eigenvalue weighted by atomic mass is 35.5. The van der Waals surface area contributed by atoms with Gasteiger partial charge >= 0.3 is 0 Å². The smallest absolute Gasteiger partial charge is 0.282 e. The number of ether oxygens (including phenoxy) is 2. The highest BCUT2D eigenvalue weighted by molar-refractivity contribution is 7.86. The molecule has 28 heavy (non-hydrogen) atoms. The molecule has 0 spiro atoms. The van der Waals surface area contributed by atoms with Crippen molar-refractivity contribution in [1.29, 1.82) is 0 Å². The van der Waals surface area contributed by atoms with Crippen molar-refractivity contribution in [3.05, 3.63) is 46.7 Å². The standard InChI is InChI=1S/C18H23ClN4O4S/c19-15-2-1-3-17(10-15)27-13-16-11-18(21-20-16)14-4-5-23(12-14)28(24,25)22-6-8-26-9-7-22/h1-3,10-11,14H,4-9,12-13H2,(H,20,21)/t14-/m0/s1. The highest BCUT2D eigenvalue weighted by Crippen LogP contribution is 2.29. The summed E-state index contributed by atoms with van der Waals surface area (Å²) in [6.07, 6.45) is 0.753. The summed E-state index contributed by atoms with van der Waals surface area (Å²) in [6, 6.07) is 9.16. The van der Waals surface area contributed by atoms with Crippen LogP contribution >= 0.6 is 11.6 Å². The van der Waals surface area contributed by atoms with Gasteiger partial charge in [0.2, 0.25) is 0 Å². The summed E-state index contributed by atoms with van der Waals surface area (Å²) in [5.41, 5.74) is 1.70. The lowest BCUT2D eigenvalue weighted by Crippen LogP contribution is -2.47. The molecule has 0 aliphatic carbocycles. The first-order valence-electron chi connectivity index (χ1n) is 9.28. The van der Waals surface area contributed by atoms with Gasteiger partial charge in [-0.3, -0.25) is 5.10 Å². The van der Waals surface area contributed by atoms with Gasteiger partial charge in [-0.05, 0) is 30.7 Å². The van der Waals surface area contributed by atoms with Crippen LogP contribution in [0.15, 0.2) is 30.3 Å². The molecule has 152 valence electrons. The van der Waals surface area contributed by atoms with E-state index < -0.39 is 10.2 Å². The minimum Gasteiger partial charge on any atom is -0.487 e. The highest BCUT2D eigenvalue weighted by Gasteiger charge is 2.37. The monoisotopic (exact) mass is 426 g/mol. The average Bonchev–Trinajstić information content (AvgIpc) is 3.37. The first-order chi connectivity index (χ1) is 13.5. The van der Waals surface area contributed by atoms with Gasteiger partial charge in [-0.25, -0.2) is 0 Å². The van der Waals surface area contributed by atoms with Gasteiger partial charge in [0, 0.05) is 37.1 Å². The summed E-state index contributed by atoms with van der Waals surface area (Å²) in [4.78, 5) is 0. The van der Waals surface area contributed by atoms with Gasteiger partial charge in [-0.15, -0.1) is 0 Å². The fourth-order valence-electron chi connectivity index (χ4n) is 3.50. The topological polar surface area (TPSA) is 87.8 Å². The predicted molar refractivity (Wildman–Crippen MR) is 105 cm³/mol. The molecule has 3 heterocycles. The third-order valence-electron chi connectivity index (χ3n) is 5.03. The van der Waals surface area contributed by atoms with Crippen LogP contribution in [0, 0.1) is 0 Å². The number of aromatic nitrogens is 2. The Kier molecular flexibility index (Phi) is 5.88. The SMILES string of the molecule is O=S(=O)(N1CCOCC1)N1CC[C@H](c2cc(COc3cccc(Cl)c3)[nH]n2)C1. The molecular weight excluding hydrogens is 404 g/mol. The van der Waals surface area contributed by atoms with Crippen LogP contribution < -0.4 is 4.74 Å². The number of benzene rings is 1. The zero-order chi connectivity index (χ0) is 19.6. The van der Waals surface area contributed by atoms with Crippen LogP contribution in [0.3, 0.4) is 0 Å². The third kappa shape index (κ3) is 4.33. The summed E-state index contributed by atoms with van der Waals surface area (Å²) in [5, 5.41) is 7.97. The van der Waals surface area contributed by atoms with E-state index in [4.69, 9.17) is 21.1 Å². The van der Waals surface area contributed by atoms with Gasteiger partial charge in [-0.2, -0.15) is 22.1 Å². The van der Waals surface area contributed by atoms with Crippen LogP contribution in [-0.4, -0.2) is 66.6 Å². The van der Waals surface area contributed by atoms with Gasteiger partial charge in [0.05, 0.1) is 24.6 Å². The Balaban J connectivity index is 1.35. The number of H-pyrrole nitrogens is 1. The molecule has 2 aromatic rings. The van der Waals surface area contributed by atoms with Crippen LogP contribution in [0.5, 0.6) is 5.75 Å². The van der Waals surface area contributed by atoms with E-state index in [0.717, 1.165) is 17.8 Å². The van der Waals surface area contributed by atoms with Crippen LogP contribution in [0.2, 0.25) is 5.02 Å². The molecule has 1 N–H and O–H groups in total. The van der Waals surface area contributed by atoms with E-state index in [0.29, 0.717) is 56.8 Å². The minimum atomic E-state index is -3.43. The quantitative estimate of drug-likeness (QED) is 0.763. The number of hydrogen-bond donors (Lipinski definition) is 1. The Morgan fingerprint density at radius 1 is 1.21 bits per heavy atom. The second-order valence-electron chi connectivity index (χ2n) is 6.93. The maximum absolute atomic E-state index is 12.8. The van der Waals surface area contributed by atoms with Crippen LogP contribution in [0.4, 0.5) is 0 Å². The van der Waals surface area contributed by atoms with Crippen molar-refractivity contribution in [1.82, 2.24) is 18.8 Å². The molecule has 1 aromatic carbocycles. The number of hydrogen-bond acceptors (Lipinski definition) is 5. The van der Waals surface area contributed by atoms with Crippen LogP contribution in [-0.2, 0) is 21.6 Å². The fraction of sp³-hybridized carbons (Fsp3) is 0.500. The summed E-state index contributed by atoms with van der Waals surface area (Å²) in [7, 11) is -3.43. The molecule has 0 radical (unpaired) electrons. The molecule has 0 bridgehead atoms. The predicted octanol–water partition coefficient (Wildman–Crippen LogP) is 2.01. The Labute approximate surface area is 169 Å². The zero-order valence-corrected chi connectivity index (χ0v) is 17.0. The van der Waals surface area contributed by atoms with Crippen molar-refractivity contribution in [2.45, 2.75) is 18.9 Å². The fourth-order valence-corrected chi connectivity index (χ4v) is 5.32. The molecule has 0 unspecified atom stereocenters. The number of aromatic amines is 1. The van der Waals surface area contributed by atoms with Crippen molar-refractivity contribution in [3.63, 3.8) is 0 Å². The van der Waals surface area contributed by atoms with Crippen molar-refractivity contribution < 1.29 is 17.9 Å². The minimum absolute atomic E-state index is 0.0759. The number of morpholine rings is 1. The second kappa shape index (κ2) is 8.38. The van der Waals surface area contributed by atoms with Gasteiger partial charge in [0.25, 0.3) is 10.2 Å². The van der Waals surface area contributed by atoms with Crippen LogP contribution in [0.1, 0.15) is 23.7 Å². The van der Waals surface area contributed by atoms with Gasteiger partial charge < -0.3 is 9.47 Å². The number of nitrogens with one attached hydrogen (secondary N) is 1. The molecular formula is C18H23ClN4O4S. The largest absolute Gasteiger partial charge is 0.487 e. The Morgan fingerprint density at radius 3 is 2.82 bits per heavy atom. The molecule has 0 saturated carbocycles. The summed E-state index contributed by atoms with van der Waals surface area (Å²) in [6.45, 7) is 3.02. The molecule has 1 atom stereocenters. The van der Waals surface area contributed by atoms with E-state index in [1.54, 1.807) is 16.4 Å². The molecule has 2 saturated heterocycles. The van der Waals surface area contributed by atoms with Gasteiger partial charge in [-0.1, -0.05) is 17.7 Å². The lowest BCUT2D eigenvalue weighted by atomic mass is 10.1. The normalized spacial score (nSPS) is 21.8. The lowest BCUT2D eigenvalue weighted by molar-refractivity contribution is 0.0705. The number of halogens is 1. The first kappa shape index (κ1) is 19.7. The van der Waals surface area contributed by atoms with E-state index in [2.05, 4.69) is 10.2 Å². The molecule has 2 fully saturated rings. The number of nitrogens with zero attached hydrogens (tertiary/aromatic N) is 3. The molecule has 2 aliphatic heterocycles. The van der Waals surface area contributed by atoms with E-state index in [1.165, 1.54) is 4.31 Å². The van der Waals surface area contributed by atoms with Crippen molar-refractivity contribution in [2.75, 3.05) is 39.4 Å². The summed E-state index contributed by atoms with van der Waals surface area (Å²) in [5.74, 6) is 0.763. The van der Waals surface area contributed by atoms with Gasteiger partial charge in [0.1, 0.15) is 12.4 Å². The van der Waals surface area contributed by atoms with E-state index >= 15 is 0 Å². The molecule has 4 rings (SSSR count). The summed E-state index contributed by atoms with van der Waals surface area (Å²) >= 11 is 5.96. The molecule has 1 aromatic heterocycles.